The van der Waals surface area contributed by atoms with Gasteiger partial charge in [0.05, 0.1) is 6.07 Å². The van der Waals surface area contributed by atoms with E-state index in [1.165, 1.54) is 38.5 Å². The first kappa shape index (κ1) is 11.9. The average molecular weight is 249 g/mol. The molecule has 0 amide bonds. The van der Waals surface area contributed by atoms with Crippen molar-refractivity contribution in [1.82, 2.24) is 0 Å². The summed E-state index contributed by atoms with van der Waals surface area (Å²) in [5.74, 6) is 3.06. The molecule has 0 saturated heterocycles. The Morgan fingerprint density at radius 3 is 2.00 bits per heavy atom. The molecule has 0 spiro atoms. The molecule has 4 saturated carbocycles. The Balaban J connectivity index is 1.76. The van der Waals surface area contributed by atoms with Gasteiger partial charge in [0.1, 0.15) is 0 Å². The Morgan fingerprint density at radius 2 is 1.59 bits per heavy atom. The number of nitrogens with zero attached hydrogens (tertiary/aromatic N) is 1. The molecule has 94 valence electrons. The summed E-state index contributed by atoms with van der Waals surface area (Å²) in [6, 6.07) is 2.37. The Labute approximate surface area is 109 Å². The van der Waals surface area contributed by atoms with Crippen molar-refractivity contribution in [3.63, 3.8) is 0 Å². The molecule has 4 aliphatic rings. The Kier molecular flexibility index (Phi) is 2.74. The van der Waals surface area contributed by atoms with Crippen LogP contribution in [0.3, 0.4) is 0 Å². The van der Waals surface area contributed by atoms with E-state index in [0.717, 1.165) is 17.8 Å². The fraction of sp³-hybridized carbons (Fsp3) is 0.933. The van der Waals surface area contributed by atoms with Gasteiger partial charge in [-0.1, -0.05) is 0 Å². The maximum atomic E-state index is 8.95. The van der Waals surface area contributed by atoms with Crippen molar-refractivity contribution < 1.29 is 0 Å². The molecule has 2 heteroatoms. The molecule has 0 aromatic carbocycles. The van der Waals surface area contributed by atoms with Gasteiger partial charge in [-0.05, 0) is 70.1 Å². The topological polar surface area (TPSA) is 23.8 Å². The van der Waals surface area contributed by atoms with Crippen molar-refractivity contribution in [1.29, 1.82) is 5.26 Å². The zero-order valence-electron chi connectivity index (χ0n) is 11.0. The summed E-state index contributed by atoms with van der Waals surface area (Å²) in [7, 11) is 0. The molecule has 0 radical (unpaired) electrons. The molecule has 0 unspecified atom stereocenters. The van der Waals surface area contributed by atoms with E-state index in [1.807, 2.05) is 0 Å². The second-order valence-electron chi connectivity index (χ2n) is 7.30. The predicted molar refractivity (Wildman–Crippen MR) is 72.8 cm³/mol. The lowest BCUT2D eigenvalue weighted by molar-refractivity contribution is 0.0378. The highest BCUT2D eigenvalue weighted by Gasteiger charge is 2.52. The molecule has 4 fully saturated rings. The molecular formula is C15H23NS. The number of thioether (sulfide) groups is 1. The van der Waals surface area contributed by atoms with Crippen LogP contribution in [0, 0.1) is 29.1 Å². The highest BCUT2D eigenvalue weighted by Crippen LogP contribution is 2.62. The zero-order valence-corrected chi connectivity index (χ0v) is 11.9. The number of hydrogen-bond acceptors (Lipinski definition) is 2. The minimum Gasteiger partial charge on any atom is -0.198 e. The Bertz CT molecular complexity index is 317. The number of rotatable bonds is 3. The summed E-state index contributed by atoms with van der Waals surface area (Å²) in [5.41, 5.74) is 0. The molecule has 0 heterocycles. The maximum absolute atomic E-state index is 8.95. The van der Waals surface area contributed by atoms with Gasteiger partial charge in [-0.3, -0.25) is 0 Å². The smallest absolute Gasteiger partial charge is 0.0636 e. The molecule has 4 rings (SSSR count). The van der Waals surface area contributed by atoms with Crippen molar-refractivity contribution >= 4 is 11.8 Å². The normalized spacial score (nSPS) is 43.7. The Hall–Kier alpha value is -0.160. The second kappa shape index (κ2) is 3.92. The van der Waals surface area contributed by atoms with Crippen LogP contribution in [0.4, 0.5) is 0 Å². The first-order valence-electron chi connectivity index (χ1n) is 7.07. The molecule has 4 aliphatic carbocycles. The van der Waals surface area contributed by atoms with Gasteiger partial charge in [0.25, 0.3) is 0 Å². The molecule has 0 N–H and O–H groups in total. The zero-order chi connectivity index (χ0) is 12.1. The summed E-state index contributed by atoms with van der Waals surface area (Å²) < 4.78 is 0.704. The number of hydrogen-bond donors (Lipinski definition) is 0. The third-order valence-electron chi connectivity index (χ3n) is 4.98. The fourth-order valence-corrected chi connectivity index (χ4v) is 7.23. The lowest BCUT2D eigenvalue weighted by Gasteiger charge is -2.58. The molecule has 0 aliphatic heterocycles. The van der Waals surface area contributed by atoms with Gasteiger partial charge in [0.15, 0.2) is 0 Å². The van der Waals surface area contributed by atoms with Crippen LogP contribution in [-0.2, 0) is 0 Å². The van der Waals surface area contributed by atoms with E-state index in [-0.39, 0.29) is 4.75 Å². The molecule has 4 bridgehead atoms. The second-order valence-corrected chi connectivity index (χ2v) is 9.47. The van der Waals surface area contributed by atoms with Gasteiger partial charge in [-0.25, -0.2) is 0 Å². The van der Waals surface area contributed by atoms with Gasteiger partial charge < -0.3 is 0 Å². The summed E-state index contributed by atoms with van der Waals surface area (Å²) in [6.07, 6.45) is 9.56. The van der Waals surface area contributed by atoms with Crippen molar-refractivity contribution in [3.05, 3.63) is 0 Å². The molecule has 0 aromatic rings. The van der Waals surface area contributed by atoms with Gasteiger partial charge in [0, 0.05) is 15.9 Å². The summed E-state index contributed by atoms with van der Waals surface area (Å²) in [6.45, 7) is 4.53. The predicted octanol–water partition coefficient (Wildman–Crippen LogP) is 4.38. The van der Waals surface area contributed by atoms with E-state index in [0.29, 0.717) is 11.2 Å². The van der Waals surface area contributed by atoms with E-state index in [2.05, 4.69) is 31.7 Å². The van der Waals surface area contributed by atoms with Crippen LogP contribution in [0.25, 0.3) is 0 Å². The maximum Gasteiger partial charge on any atom is 0.0636 e. The number of nitriles is 1. The summed E-state index contributed by atoms with van der Waals surface area (Å²) >= 11 is 2.16. The SMILES string of the molecule is CC(C)(CC#N)SC12CC3CC(CC(C3)C1)C2. The van der Waals surface area contributed by atoms with E-state index in [1.54, 1.807) is 0 Å². The monoisotopic (exact) mass is 249 g/mol. The van der Waals surface area contributed by atoms with E-state index in [4.69, 9.17) is 5.26 Å². The third kappa shape index (κ3) is 2.24. The van der Waals surface area contributed by atoms with Crippen LogP contribution in [0.15, 0.2) is 0 Å². The standard InChI is InChI=1S/C15H23NS/c1-14(2,3-4-16)17-15-8-11-5-12(9-15)7-13(6-11)10-15/h11-13H,3,5-10H2,1-2H3. The minimum atomic E-state index is 0.153. The van der Waals surface area contributed by atoms with E-state index in [9.17, 15) is 0 Å². The van der Waals surface area contributed by atoms with Crippen LogP contribution >= 0.6 is 11.8 Å². The minimum absolute atomic E-state index is 0.153. The molecular weight excluding hydrogens is 226 g/mol. The third-order valence-corrected chi connectivity index (χ3v) is 6.61. The Morgan fingerprint density at radius 1 is 1.12 bits per heavy atom. The molecule has 1 nitrogen and oxygen atoms in total. The molecule has 0 aromatic heterocycles. The van der Waals surface area contributed by atoms with Gasteiger partial charge >= 0.3 is 0 Å². The first-order valence-corrected chi connectivity index (χ1v) is 7.89. The van der Waals surface area contributed by atoms with Crippen molar-refractivity contribution in [2.24, 2.45) is 17.8 Å². The van der Waals surface area contributed by atoms with Crippen molar-refractivity contribution in [3.8, 4) is 6.07 Å². The van der Waals surface area contributed by atoms with E-state index >= 15 is 0 Å². The van der Waals surface area contributed by atoms with Crippen molar-refractivity contribution in [2.75, 3.05) is 0 Å². The van der Waals surface area contributed by atoms with E-state index < -0.39 is 0 Å². The van der Waals surface area contributed by atoms with Gasteiger partial charge in [-0.15, -0.1) is 11.8 Å². The van der Waals surface area contributed by atoms with Crippen LogP contribution in [0.2, 0.25) is 0 Å². The highest BCUT2D eigenvalue weighted by atomic mass is 32.2. The average Bonchev–Trinajstić information content (AvgIpc) is 2.11. The largest absolute Gasteiger partial charge is 0.198 e. The summed E-state index contributed by atoms with van der Waals surface area (Å²) in [5, 5.41) is 8.95. The first-order chi connectivity index (χ1) is 8.00. The fourth-order valence-electron chi connectivity index (χ4n) is 4.97. The highest BCUT2D eigenvalue weighted by molar-refractivity contribution is 8.02. The van der Waals surface area contributed by atoms with Crippen LogP contribution in [-0.4, -0.2) is 9.49 Å². The molecule has 0 atom stereocenters. The summed E-state index contributed by atoms with van der Waals surface area (Å²) in [4.78, 5) is 0. The van der Waals surface area contributed by atoms with Crippen molar-refractivity contribution in [2.45, 2.75) is 68.3 Å². The van der Waals surface area contributed by atoms with Gasteiger partial charge in [-0.2, -0.15) is 5.26 Å². The van der Waals surface area contributed by atoms with Gasteiger partial charge in [0.2, 0.25) is 0 Å². The van der Waals surface area contributed by atoms with Crippen LogP contribution < -0.4 is 0 Å². The lowest BCUT2D eigenvalue weighted by atomic mass is 9.56. The molecule has 17 heavy (non-hydrogen) atoms. The van der Waals surface area contributed by atoms with Crippen LogP contribution in [0.1, 0.15) is 58.8 Å². The quantitative estimate of drug-likeness (QED) is 0.741. The van der Waals surface area contributed by atoms with Crippen LogP contribution in [0.5, 0.6) is 0 Å². The lowest BCUT2D eigenvalue weighted by Crippen LogP contribution is -2.50.